The zero-order chi connectivity index (χ0) is 24.1. The molecule has 1 aromatic heterocycles. The molecule has 2 heterocycles. The van der Waals surface area contributed by atoms with Crippen molar-refractivity contribution < 1.29 is 4.39 Å². The van der Waals surface area contributed by atoms with Gasteiger partial charge in [0.05, 0.1) is 21.8 Å². The fourth-order valence-electron chi connectivity index (χ4n) is 4.00. The third-order valence-corrected chi connectivity index (χ3v) is 6.44. The number of nitrogens with two attached hydrogens (primary N) is 1. The van der Waals surface area contributed by atoms with E-state index in [1.165, 1.54) is 12.1 Å². The van der Waals surface area contributed by atoms with Gasteiger partial charge in [-0.3, -0.25) is 0 Å². The van der Waals surface area contributed by atoms with Crippen molar-refractivity contribution in [2.45, 2.75) is 25.9 Å². The van der Waals surface area contributed by atoms with Crippen LogP contribution in [0.4, 0.5) is 10.2 Å². The summed E-state index contributed by atoms with van der Waals surface area (Å²) in [5.41, 5.74) is 8.62. The Kier molecular flexibility index (Phi) is 7.88. The van der Waals surface area contributed by atoms with E-state index in [1.54, 1.807) is 36.5 Å². The average Bonchev–Trinajstić information content (AvgIpc) is 3.13. The van der Waals surface area contributed by atoms with E-state index in [2.05, 4.69) is 22.2 Å². The van der Waals surface area contributed by atoms with Gasteiger partial charge in [-0.15, -0.1) is 0 Å². The summed E-state index contributed by atoms with van der Waals surface area (Å²) in [4.78, 5) is 9.14. The molecular weight excluding hydrogens is 474 g/mol. The lowest BCUT2D eigenvalue weighted by Crippen LogP contribution is -2.32. The molecule has 1 saturated heterocycles. The van der Waals surface area contributed by atoms with Gasteiger partial charge in [0.15, 0.2) is 0 Å². The second kappa shape index (κ2) is 11.0. The number of nitrogens with zero attached hydrogens (tertiary/aromatic N) is 3. The SMILES string of the molecule is C=C(/N=C\c1nc(-c2c(Cl)cccc2Cl)n(C[C@@H]2CCCNC2)c1N)NCc1ccc(F)cc1. The van der Waals surface area contributed by atoms with Crippen LogP contribution >= 0.6 is 23.2 Å². The maximum absolute atomic E-state index is 13.1. The lowest BCUT2D eigenvalue weighted by Gasteiger charge is -2.24. The number of aromatic nitrogens is 2. The summed E-state index contributed by atoms with van der Waals surface area (Å²) in [6.45, 7) is 7.04. The van der Waals surface area contributed by atoms with Crippen LogP contribution in [-0.2, 0) is 13.1 Å². The number of piperidine rings is 1. The lowest BCUT2D eigenvalue weighted by atomic mass is 9.99. The second-order valence-corrected chi connectivity index (χ2v) is 9.12. The van der Waals surface area contributed by atoms with E-state index in [0.29, 0.717) is 57.8 Å². The maximum Gasteiger partial charge on any atom is 0.145 e. The van der Waals surface area contributed by atoms with Crippen LogP contribution in [-0.4, -0.2) is 28.9 Å². The lowest BCUT2D eigenvalue weighted by molar-refractivity contribution is 0.340. The predicted molar refractivity (Wildman–Crippen MR) is 138 cm³/mol. The molecule has 0 bridgehead atoms. The smallest absolute Gasteiger partial charge is 0.145 e. The Hall–Kier alpha value is -2.87. The van der Waals surface area contributed by atoms with Crippen molar-refractivity contribution in [3.8, 4) is 11.4 Å². The first-order chi connectivity index (χ1) is 16.4. The van der Waals surface area contributed by atoms with E-state index in [4.69, 9.17) is 33.9 Å². The van der Waals surface area contributed by atoms with Crippen molar-refractivity contribution in [2.75, 3.05) is 18.8 Å². The molecule has 0 amide bonds. The predicted octanol–water partition coefficient (Wildman–Crippen LogP) is 5.26. The number of imidazole rings is 1. The molecule has 2 aromatic carbocycles. The topological polar surface area (TPSA) is 80.3 Å². The normalized spacial score (nSPS) is 16.1. The summed E-state index contributed by atoms with van der Waals surface area (Å²) in [6, 6.07) is 11.6. The first kappa shape index (κ1) is 24.3. The fourth-order valence-corrected chi connectivity index (χ4v) is 4.56. The largest absolute Gasteiger partial charge is 0.383 e. The van der Waals surface area contributed by atoms with E-state index < -0.39 is 0 Å². The molecule has 0 radical (unpaired) electrons. The number of rotatable bonds is 8. The molecule has 1 fully saturated rings. The van der Waals surface area contributed by atoms with E-state index in [9.17, 15) is 4.39 Å². The number of benzene rings is 2. The number of aliphatic imine (C=N–C) groups is 1. The zero-order valence-electron chi connectivity index (χ0n) is 18.7. The zero-order valence-corrected chi connectivity index (χ0v) is 20.2. The van der Waals surface area contributed by atoms with Gasteiger partial charge in [0.25, 0.3) is 0 Å². The third kappa shape index (κ3) is 5.78. The van der Waals surface area contributed by atoms with Crippen molar-refractivity contribution >= 4 is 35.2 Å². The Morgan fingerprint density at radius 3 is 2.68 bits per heavy atom. The Balaban J connectivity index is 1.58. The molecule has 0 aliphatic carbocycles. The molecule has 1 aliphatic heterocycles. The quantitative estimate of drug-likeness (QED) is 0.368. The monoisotopic (exact) mass is 500 g/mol. The van der Waals surface area contributed by atoms with Crippen LogP contribution < -0.4 is 16.4 Å². The van der Waals surface area contributed by atoms with E-state index >= 15 is 0 Å². The third-order valence-electron chi connectivity index (χ3n) is 5.81. The number of hydrogen-bond acceptors (Lipinski definition) is 5. The number of anilines is 1. The molecule has 0 saturated carbocycles. The highest BCUT2D eigenvalue weighted by atomic mass is 35.5. The Morgan fingerprint density at radius 1 is 1.26 bits per heavy atom. The van der Waals surface area contributed by atoms with Crippen LogP contribution in [0, 0.1) is 11.7 Å². The van der Waals surface area contributed by atoms with Gasteiger partial charge in [0.2, 0.25) is 0 Å². The molecule has 4 rings (SSSR count). The number of nitrogens with one attached hydrogen (secondary N) is 2. The summed E-state index contributed by atoms with van der Waals surface area (Å²) in [5, 5.41) is 7.56. The molecule has 178 valence electrons. The molecule has 9 heteroatoms. The molecule has 0 spiro atoms. The number of halogens is 3. The Morgan fingerprint density at radius 2 is 2.00 bits per heavy atom. The minimum absolute atomic E-state index is 0.273. The highest BCUT2D eigenvalue weighted by molar-refractivity contribution is 6.39. The molecule has 6 nitrogen and oxygen atoms in total. The minimum Gasteiger partial charge on any atom is -0.383 e. The maximum atomic E-state index is 13.1. The van der Waals surface area contributed by atoms with Gasteiger partial charge >= 0.3 is 0 Å². The van der Waals surface area contributed by atoms with Gasteiger partial charge in [-0.25, -0.2) is 14.4 Å². The molecule has 1 aliphatic rings. The van der Waals surface area contributed by atoms with Crippen molar-refractivity contribution in [2.24, 2.45) is 10.9 Å². The van der Waals surface area contributed by atoms with Crippen LogP contribution in [0.5, 0.6) is 0 Å². The van der Waals surface area contributed by atoms with Gasteiger partial charge in [-0.1, -0.05) is 48.0 Å². The molecule has 1 atom stereocenters. The van der Waals surface area contributed by atoms with Gasteiger partial charge in [0.1, 0.15) is 29.0 Å². The van der Waals surface area contributed by atoms with Gasteiger partial charge < -0.3 is 20.9 Å². The first-order valence-corrected chi connectivity index (χ1v) is 11.9. The van der Waals surface area contributed by atoms with Crippen LogP contribution in [0.25, 0.3) is 11.4 Å². The summed E-state index contributed by atoms with van der Waals surface area (Å²) < 4.78 is 15.1. The van der Waals surface area contributed by atoms with Crippen molar-refractivity contribution in [1.82, 2.24) is 20.2 Å². The summed E-state index contributed by atoms with van der Waals surface area (Å²) in [6.07, 6.45) is 3.81. The highest BCUT2D eigenvalue weighted by Gasteiger charge is 2.23. The van der Waals surface area contributed by atoms with E-state index in [1.807, 2.05) is 4.57 Å². The van der Waals surface area contributed by atoms with Crippen LogP contribution in [0.15, 0.2) is 59.9 Å². The summed E-state index contributed by atoms with van der Waals surface area (Å²) >= 11 is 13.0. The number of nitrogen functional groups attached to an aromatic ring is 1. The molecule has 3 aromatic rings. The van der Waals surface area contributed by atoms with E-state index in [0.717, 1.165) is 31.5 Å². The van der Waals surface area contributed by atoms with Crippen molar-refractivity contribution in [1.29, 1.82) is 0 Å². The van der Waals surface area contributed by atoms with Gasteiger partial charge in [-0.05, 0) is 61.7 Å². The second-order valence-electron chi connectivity index (χ2n) is 8.31. The molecular formula is C25H27Cl2FN6. The van der Waals surface area contributed by atoms with Crippen LogP contribution in [0.3, 0.4) is 0 Å². The minimum atomic E-state index is -0.273. The highest BCUT2D eigenvalue weighted by Crippen LogP contribution is 2.36. The van der Waals surface area contributed by atoms with E-state index in [-0.39, 0.29) is 5.82 Å². The molecule has 0 unspecified atom stereocenters. The summed E-state index contributed by atoms with van der Waals surface area (Å²) in [7, 11) is 0. The van der Waals surface area contributed by atoms with Crippen molar-refractivity contribution in [3.05, 3.63) is 82.0 Å². The number of hydrogen-bond donors (Lipinski definition) is 3. The van der Waals surface area contributed by atoms with Gasteiger partial charge in [0, 0.05) is 13.1 Å². The summed E-state index contributed by atoms with van der Waals surface area (Å²) in [5.74, 6) is 1.69. The Labute approximate surface area is 208 Å². The van der Waals surface area contributed by atoms with Crippen LogP contribution in [0.1, 0.15) is 24.1 Å². The fraction of sp³-hybridized carbons (Fsp3) is 0.280. The average molecular weight is 501 g/mol. The molecule has 4 N–H and O–H groups in total. The standard InChI is InChI=1S/C25H27Cl2FN6/c1-16(31-13-17-7-9-19(28)10-8-17)32-14-22-24(29)34(15-18-4-3-11-30-12-18)25(33-22)23-20(26)5-2-6-21(23)27/h2,5-10,14,18,30-31H,1,3-4,11-13,15,29H2/b32-14-/t18-/m1/s1. The van der Waals surface area contributed by atoms with Crippen molar-refractivity contribution in [3.63, 3.8) is 0 Å². The van der Waals surface area contributed by atoms with Crippen LogP contribution in [0.2, 0.25) is 10.0 Å². The first-order valence-electron chi connectivity index (χ1n) is 11.1. The molecule has 34 heavy (non-hydrogen) atoms. The Bertz CT molecular complexity index is 1160. The van der Waals surface area contributed by atoms with Gasteiger partial charge in [-0.2, -0.15) is 0 Å².